The Hall–Kier alpha value is -1.25. The molecule has 0 aromatic heterocycles. The first-order valence-corrected chi connectivity index (χ1v) is 9.52. The molecular formula is C11H17NO9P2. The van der Waals surface area contributed by atoms with Crippen molar-refractivity contribution in [3.05, 3.63) is 29.8 Å². The smallest absolute Gasteiger partial charge is 0.369 e. The third-order valence-electron chi connectivity index (χ3n) is 3.06. The molecule has 0 saturated heterocycles. The van der Waals surface area contributed by atoms with Gasteiger partial charge in [0.2, 0.25) is 0 Å². The molecule has 0 unspecified atom stereocenters. The highest BCUT2D eigenvalue weighted by Gasteiger charge is 2.58. The maximum absolute atomic E-state index is 11.7. The average Bonchev–Trinajstić information content (AvgIpc) is 2.41. The largest absolute Gasteiger partial charge is 0.507 e. The molecule has 130 valence electrons. The van der Waals surface area contributed by atoms with E-state index in [0.717, 1.165) is 0 Å². The minimum atomic E-state index is -5.50. The Morgan fingerprint density at radius 2 is 1.61 bits per heavy atom. The van der Waals surface area contributed by atoms with Crippen molar-refractivity contribution in [2.24, 2.45) is 0 Å². The lowest BCUT2D eigenvalue weighted by Crippen LogP contribution is -2.31. The lowest BCUT2D eigenvalue weighted by Gasteiger charge is -2.29. The van der Waals surface area contributed by atoms with E-state index in [-0.39, 0.29) is 24.3 Å². The van der Waals surface area contributed by atoms with Gasteiger partial charge in [-0.15, -0.1) is 0 Å². The van der Waals surface area contributed by atoms with E-state index in [1.54, 1.807) is 0 Å². The van der Waals surface area contributed by atoms with Gasteiger partial charge in [-0.3, -0.25) is 13.9 Å². The summed E-state index contributed by atoms with van der Waals surface area (Å²) in [5, 5.41) is 17.9. The van der Waals surface area contributed by atoms with E-state index in [4.69, 9.17) is 19.6 Å². The fraction of sp³-hybridized carbons (Fsp3) is 0.364. The minimum absolute atomic E-state index is 0.0345. The second kappa shape index (κ2) is 7.11. The molecule has 1 aromatic rings. The quantitative estimate of drug-likeness (QED) is 0.255. The second-order valence-corrected chi connectivity index (χ2v) is 8.75. The summed E-state index contributed by atoms with van der Waals surface area (Å²) in [5.41, 5.74) is -0.0345. The van der Waals surface area contributed by atoms with Crippen LogP contribution in [0.4, 0.5) is 0 Å². The van der Waals surface area contributed by atoms with Crippen LogP contribution in [-0.2, 0) is 9.13 Å². The average molecular weight is 369 g/mol. The summed E-state index contributed by atoms with van der Waals surface area (Å²) >= 11 is 0. The summed E-state index contributed by atoms with van der Waals surface area (Å²) in [6, 6.07) is 5.64. The lowest BCUT2D eigenvalue weighted by atomic mass is 10.2. The van der Waals surface area contributed by atoms with Crippen molar-refractivity contribution >= 4 is 21.1 Å². The molecular weight excluding hydrogens is 352 g/mol. The van der Waals surface area contributed by atoms with Gasteiger partial charge in [-0.25, -0.2) is 0 Å². The highest BCUT2D eigenvalue weighted by atomic mass is 31.2. The van der Waals surface area contributed by atoms with Gasteiger partial charge < -0.3 is 35.1 Å². The van der Waals surface area contributed by atoms with Crippen LogP contribution in [0.3, 0.4) is 0 Å². The number of rotatable bonds is 7. The number of phenolic OH excluding ortho intramolecular Hbond substituents is 1. The van der Waals surface area contributed by atoms with E-state index in [0.29, 0.717) is 0 Å². The van der Waals surface area contributed by atoms with Crippen molar-refractivity contribution in [3.63, 3.8) is 0 Å². The Balaban J connectivity index is 2.66. The van der Waals surface area contributed by atoms with Crippen molar-refractivity contribution in [2.45, 2.75) is 17.9 Å². The van der Waals surface area contributed by atoms with Crippen LogP contribution in [0, 0.1) is 0 Å². The maximum Gasteiger partial charge on any atom is 0.369 e. The van der Waals surface area contributed by atoms with Crippen molar-refractivity contribution in [1.82, 2.24) is 5.32 Å². The normalized spacial score (nSPS) is 12.9. The van der Waals surface area contributed by atoms with Gasteiger partial charge in [-0.2, -0.15) is 0 Å². The van der Waals surface area contributed by atoms with Crippen LogP contribution in [0.1, 0.15) is 23.2 Å². The highest BCUT2D eigenvalue weighted by Crippen LogP contribution is 2.69. The van der Waals surface area contributed by atoms with Crippen molar-refractivity contribution in [2.75, 3.05) is 6.54 Å². The zero-order chi connectivity index (χ0) is 17.9. The van der Waals surface area contributed by atoms with Crippen LogP contribution in [0.25, 0.3) is 0 Å². The molecule has 0 atom stereocenters. The SMILES string of the molecule is O=C(NCCCC(O)(P(=O)(O)O)P(=O)(O)O)c1ccccc1O. The van der Waals surface area contributed by atoms with Gasteiger partial charge in [0.15, 0.2) is 0 Å². The summed E-state index contributed by atoms with van der Waals surface area (Å²) < 4.78 is 22.3. The molecule has 0 fully saturated rings. The van der Waals surface area contributed by atoms with Crippen LogP contribution >= 0.6 is 15.2 Å². The monoisotopic (exact) mass is 369 g/mol. The number of phenols is 1. The molecule has 10 nitrogen and oxygen atoms in total. The molecule has 0 saturated carbocycles. The number of hydrogen-bond donors (Lipinski definition) is 7. The first-order chi connectivity index (χ1) is 10.4. The van der Waals surface area contributed by atoms with Gasteiger partial charge in [-0.05, 0) is 18.6 Å². The molecule has 12 heteroatoms. The van der Waals surface area contributed by atoms with E-state index in [9.17, 15) is 24.1 Å². The number of aliphatic hydroxyl groups is 1. The molecule has 1 aromatic carbocycles. The molecule has 0 radical (unpaired) electrons. The fourth-order valence-corrected chi connectivity index (χ4v) is 4.01. The number of carbonyl (C=O) groups excluding carboxylic acids is 1. The van der Waals surface area contributed by atoms with Crippen molar-refractivity contribution < 1.29 is 43.7 Å². The van der Waals surface area contributed by atoms with E-state index in [1.165, 1.54) is 24.3 Å². The van der Waals surface area contributed by atoms with Crippen LogP contribution in [0.5, 0.6) is 5.75 Å². The molecule has 0 spiro atoms. The number of nitrogens with one attached hydrogen (secondary N) is 1. The summed E-state index contributed by atoms with van der Waals surface area (Å²) in [6.07, 6.45) is -1.24. The Bertz CT molecular complexity index is 643. The van der Waals surface area contributed by atoms with Crippen LogP contribution in [-0.4, -0.2) is 47.3 Å². The van der Waals surface area contributed by atoms with Gasteiger partial charge in [-0.1, -0.05) is 12.1 Å². The van der Waals surface area contributed by atoms with Gasteiger partial charge in [0.1, 0.15) is 5.75 Å². The lowest BCUT2D eigenvalue weighted by molar-refractivity contribution is 0.0944. The Labute approximate surface area is 131 Å². The fourth-order valence-electron chi connectivity index (χ4n) is 1.75. The molecule has 0 aliphatic carbocycles. The molecule has 0 heterocycles. The zero-order valence-electron chi connectivity index (χ0n) is 11.7. The Morgan fingerprint density at radius 3 is 2.09 bits per heavy atom. The third-order valence-corrected chi connectivity index (χ3v) is 6.93. The molecule has 0 aliphatic heterocycles. The third kappa shape index (κ3) is 4.62. The van der Waals surface area contributed by atoms with E-state index in [1.807, 2.05) is 0 Å². The number of hydrogen-bond acceptors (Lipinski definition) is 5. The zero-order valence-corrected chi connectivity index (χ0v) is 13.5. The molecule has 0 aliphatic rings. The van der Waals surface area contributed by atoms with Gasteiger partial charge in [0.05, 0.1) is 5.56 Å². The number of carbonyl (C=O) groups is 1. The number of para-hydroxylation sites is 1. The van der Waals surface area contributed by atoms with Gasteiger partial charge >= 0.3 is 15.2 Å². The van der Waals surface area contributed by atoms with Crippen LogP contribution < -0.4 is 5.32 Å². The second-order valence-electron chi connectivity index (χ2n) is 4.74. The Kier molecular flexibility index (Phi) is 6.12. The summed E-state index contributed by atoms with van der Waals surface area (Å²) in [5.74, 6) is -0.953. The summed E-state index contributed by atoms with van der Waals surface area (Å²) in [6.45, 7) is -0.227. The molecule has 1 amide bonds. The number of amides is 1. The number of benzene rings is 1. The predicted octanol–water partition coefficient (Wildman–Crippen LogP) is -0.0963. The molecule has 23 heavy (non-hydrogen) atoms. The van der Waals surface area contributed by atoms with E-state index < -0.39 is 32.6 Å². The van der Waals surface area contributed by atoms with Crippen LogP contribution in [0.2, 0.25) is 0 Å². The molecule has 0 bridgehead atoms. The minimum Gasteiger partial charge on any atom is -0.507 e. The first kappa shape index (κ1) is 19.8. The van der Waals surface area contributed by atoms with E-state index >= 15 is 0 Å². The van der Waals surface area contributed by atoms with E-state index in [2.05, 4.69) is 5.32 Å². The first-order valence-electron chi connectivity index (χ1n) is 6.30. The van der Waals surface area contributed by atoms with Crippen molar-refractivity contribution in [3.8, 4) is 5.75 Å². The predicted molar refractivity (Wildman–Crippen MR) is 78.7 cm³/mol. The standard InChI is InChI=1S/C11H17NO9P2/c13-9-5-2-1-4-8(9)10(14)12-7-3-6-11(15,22(16,17)18)23(19,20)21/h1-2,4-5,13,15H,3,6-7H2,(H,12,14)(H2,16,17,18)(H2,19,20,21). The molecule has 1 rings (SSSR count). The van der Waals surface area contributed by atoms with Crippen LogP contribution in [0.15, 0.2) is 24.3 Å². The van der Waals surface area contributed by atoms with Gasteiger partial charge in [0.25, 0.3) is 11.0 Å². The topological polar surface area (TPSA) is 185 Å². The summed E-state index contributed by atoms with van der Waals surface area (Å²) in [4.78, 5) is 47.5. The summed E-state index contributed by atoms with van der Waals surface area (Å²) in [7, 11) is -11.0. The molecule has 7 N–H and O–H groups in total. The highest BCUT2D eigenvalue weighted by molar-refractivity contribution is 7.72. The Morgan fingerprint density at radius 1 is 1.09 bits per heavy atom. The van der Waals surface area contributed by atoms with Crippen molar-refractivity contribution in [1.29, 1.82) is 0 Å². The number of aromatic hydroxyl groups is 1. The van der Waals surface area contributed by atoms with Gasteiger partial charge in [0, 0.05) is 13.0 Å². The maximum atomic E-state index is 11.7.